The number of aromatic nitrogens is 4. The molecule has 2 aromatic heterocycles. The number of halogens is 7. The summed E-state index contributed by atoms with van der Waals surface area (Å²) in [5, 5.41) is 2.77. The van der Waals surface area contributed by atoms with E-state index in [9.17, 15) is 45.5 Å². The number of rotatable bonds is 16. The maximum absolute atomic E-state index is 13.9. The summed E-state index contributed by atoms with van der Waals surface area (Å²) < 4.78 is 91.5. The smallest absolute Gasteiger partial charge is 0.419 e. The van der Waals surface area contributed by atoms with Crippen LogP contribution in [0.25, 0.3) is 0 Å². The summed E-state index contributed by atoms with van der Waals surface area (Å²) in [6.45, 7) is 17.1. The number of methoxy groups -OCH3 is 2. The summed E-state index contributed by atoms with van der Waals surface area (Å²) in [6.07, 6.45) is -5.21. The molecule has 6 aromatic rings. The zero-order chi connectivity index (χ0) is 61.3. The molecular weight excluding hydrogens is 1130 g/mol. The first-order valence-corrected chi connectivity index (χ1v) is 27.7. The van der Waals surface area contributed by atoms with E-state index in [1.54, 1.807) is 75.6 Å². The normalized spacial score (nSPS) is 17.9. The molecule has 0 spiro atoms. The van der Waals surface area contributed by atoms with Gasteiger partial charge in [-0.2, -0.15) is 26.3 Å². The van der Waals surface area contributed by atoms with E-state index in [2.05, 4.69) is 48.2 Å². The molecule has 4 atom stereocenters. The van der Waals surface area contributed by atoms with E-state index < -0.39 is 23.5 Å². The molecule has 4 aromatic carbocycles. The zero-order valence-corrected chi connectivity index (χ0v) is 48.1. The first kappa shape index (κ1) is 62.5. The standard InChI is InChI=1S/C31H32F3N5O3.C16H12ClF3N2O.C15H21N3O2/c1-4-25(41)11-20-6-5-7-21(10-20)12-28-26(31(32,33)34)14-35-30(37-28)36-27-9-8-24(13-29(27)42-3)39-17-22-15-38(19(2)40)16-23(22)18-39;1-2-12(23)7-10-4-3-5-11(6-10)8-14-13(16(18,19)20)9-21-15(17)22-14;1-10(19)17-6-11-8-18(9-12(11)7-17)13-3-4-14(16)15(5-13)20-2/h4-10,13-14,22-23H,1,11-12,15-18H2,2-3H3,(H,35,36,37);2-6,9H,1,7-8H2;3-5,11-12H,6-9,16H2,1-2H3/t22-,23+;;11-,12+. The lowest BCUT2D eigenvalue weighted by Gasteiger charge is -2.23. The number of carbonyl (C=O) groups excluding carboxylic acids is 4. The van der Waals surface area contributed by atoms with Crippen molar-refractivity contribution in [1.82, 2.24) is 29.7 Å². The Morgan fingerprint density at radius 1 is 0.612 bits per heavy atom. The molecule has 3 N–H and O–H groups in total. The van der Waals surface area contributed by atoms with Gasteiger partial charge in [0.25, 0.3) is 0 Å². The van der Waals surface area contributed by atoms with E-state index in [1.165, 1.54) is 19.3 Å². The summed E-state index contributed by atoms with van der Waals surface area (Å²) in [6, 6.07) is 25.1. The lowest BCUT2D eigenvalue weighted by molar-refractivity contribution is -0.139. The number of carbonyl (C=O) groups is 4. The number of nitrogens with two attached hydrogens (primary N) is 1. The van der Waals surface area contributed by atoms with Gasteiger partial charge in [-0.3, -0.25) is 19.2 Å². The second-order valence-electron chi connectivity index (χ2n) is 21.4. The highest BCUT2D eigenvalue weighted by Crippen LogP contribution is 2.40. The minimum Gasteiger partial charge on any atom is -0.495 e. The molecular formula is C62H65ClF6N10O6. The summed E-state index contributed by atoms with van der Waals surface area (Å²) in [7, 11) is 3.16. The molecule has 4 aliphatic heterocycles. The number of amides is 2. The molecule has 2 amide bonds. The van der Waals surface area contributed by atoms with E-state index in [0.29, 0.717) is 69.2 Å². The van der Waals surface area contributed by atoms with Crippen LogP contribution in [-0.4, -0.2) is 120 Å². The third-order valence-corrected chi connectivity index (χ3v) is 15.7. The fraction of sp³-hybridized carbons (Fsp3) is 0.355. The number of ether oxygens (including phenoxy) is 2. The highest BCUT2D eigenvalue weighted by atomic mass is 35.5. The Bertz CT molecular complexity index is 3430. The Kier molecular flexibility index (Phi) is 19.9. The maximum Gasteiger partial charge on any atom is 0.419 e. The number of ketones is 2. The van der Waals surface area contributed by atoms with Gasteiger partial charge >= 0.3 is 12.4 Å². The summed E-state index contributed by atoms with van der Waals surface area (Å²) in [5.41, 5.74) is 9.47. The topological polar surface area (TPSA) is 189 Å². The Hall–Kier alpha value is -8.53. The number of anilines is 5. The van der Waals surface area contributed by atoms with Gasteiger partial charge in [0.1, 0.15) is 11.5 Å². The minimum atomic E-state index is -4.64. The van der Waals surface area contributed by atoms with Crippen LogP contribution in [0, 0.1) is 23.7 Å². The quantitative estimate of drug-likeness (QED) is 0.0403. The Morgan fingerprint density at radius 3 is 1.47 bits per heavy atom. The van der Waals surface area contributed by atoms with E-state index in [0.717, 1.165) is 75.7 Å². The summed E-state index contributed by atoms with van der Waals surface area (Å²) >= 11 is 5.61. The third kappa shape index (κ3) is 16.0. The number of benzene rings is 4. The molecule has 4 aliphatic rings. The molecule has 85 heavy (non-hydrogen) atoms. The van der Waals surface area contributed by atoms with Crippen LogP contribution in [0.15, 0.2) is 123 Å². The fourth-order valence-electron chi connectivity index (χ4n) is 11.2. The fourth-order valence-corrected chi connectivity index (χ4v) is 11.3. The number of allylic oxidation sites excluding steroid dienone is 2. The van der Waals surface area contributed by atoms with Crippen molar-refractivity contribution in [3.8, 4) is 11.5 Å². The van der Waals surface area contributed by atoms with Crippen LogP contribution in [0.4, 0.5) is 55.0 Å². The minimum absolute atomic E-state index is 0.00192. The summed E-state index contributed by atoms with van der Waals surface area (Å²) in [5.74, 6) is 3.19. The van der Waals surface area contributed by atoms with E-state index in [4.69, 9.17) is 26.8 Å². The molecule has 0 radical (unpaired) electrons. The molecule has 0 bridgehead atoms. The van der Waals surface area contributed by atoms with Crippen LogP contribution in [0.1, 0.15) is 58.6 Å². The Morgan fingerprint density at radius 2 is 1.04 bits per heavy atom. The molecule has 0 aliphatic carbocycles. The van der Waals surface area contributed by atoms with Crippen molar-refractivity contribution in [2.45, 2.75) is 51.9 Å². The largest absolute Gasteiger partial charge is 0.495 e. The predicted molar refractivity (Wildman–Crippen MR) is 312 cm³/mol. The molecule has 6 heterocycles. The van der Waals surface area contributed by atoms with Crippen molar-refractivity contribution in [3.05, 3.63) is 173 Å². The number of hydrogen-bond acceptors (Lipinski definition) is 14. The average Bonchev–Trinajstić information content (AvgIpc) is 3.41. The van der Waals surface area contributed by atoms with Crippen LogP contribution in [-0.2, 0) is 57.2 Å². The van der Waals surface area contributed by atoms with Crippen LogP contribution in [0.5, 0.6) is 11.5 Å². The molecule has 10 rings (SSSR count). The lowest BCUT2D eigenvalue weighted by Crippen LogP contribution is -2.31. The van der Waals surface area contributed by atoms with Gasteiger partial charge in [0.2, 0.25) is 23.0 Å². The predicted octanol–water partition coefficient (Wildman–Crippen LogP) is 10.3. The van der Waals surface area contributed by atoms with Gasteiger partial charge in [-0.05, 0) is 70.3 Å². The van der Waals surface area contributed by atoms with Gasteiger partial charge in [-0.1, -0.05) is 61.7 Å². The molecule has 4 fully saturated rings. The monoisotopic (exact) mass is 1190 g/mol. The van der Waals surface area contributed by atoms with Crippen LogP contribution in [0.3, 0.4) is 0 Å². The number of fused-ring (bicyclic) bond motifs is 2. The molecule has 0 saturated carbocycles. The van der Waals surface area contributed by atoms with Gasteiger partial charge in [-0.25, -0.2) is 19.9 Å². The van der Waals surface area contributed by atoms with Gasteiger partial charge in [-0.15, -0.1) is 0 Å². The van der Waals surface area contributed by atoms with E-state index in [1.807, 2.05) is 40.1 Å². The van der Waals surface area contributed by atoms with Crippen molar-refractivity contribution >= 4 is 63.7 Å². The Labute approximate surface area is 493 Å². The molecule has 0 unspecified atom stereocenters. The van der Waals surface area contributed by atoms with Crippen molar-refractivity contribution in [2.24, 2.45) is 23.7 Å². The second-order valence-corrected chi connectivity index (χ2v) is 21.7. The second kappa shape index (κ2) is 27.0. The highest BCUT2D eigenvalue weighted by molar-refractivity contribution is 6.28. The summed E-state index contributed by atoms with van der Waals surface area (Å²) in [4.78, 5) is 70.1. The number of alkyl halides is 6. The number of nitrogens with one attached hydrogen (secondary N) is 1. The third-order valence-electron chi connectivity index (χ3n) is 15.5. The highest BCUT2D eigenvalue weighted by Gasteiger charge is 2.43. The maximum atomic E-state index is 13.9. The van der Waals surface area contributed by atoms with Crippen molar-refractivity contribution in [2.75, 3.05) is 87.4 Å². The van der Waals surface area contributed by atoms with Gasteiger partial charge in [0.15, 0.2) is 11.6 Å². The van der Waals surface area contributed by atoms with Crippen molar-refractivity contribution in [1.29, 1.82) is 0 Å². The van der Waals surface area contributed by atoms with E-state index in [-0.39, 0.29) is 71.7 Å². The van der Waals surface area contributed by atoms with Crippen LogP contribution >= 0.6 is 11.6 Å². The first-order chi connectivity index (χ1) is 40.4. The van der Waals surface area contributed by atoms with Gasteiger partial charge in [0, 0.05) is 151 Å². The van der Waals surface area contributed by atoms with Crippen LogP contribution in [0.2, 0.25) is 5.28 Å². The SMILES string of the molecule is C=CC(=O)Cc1cccc(Cc2nc(Cl)ncc2C(F)(F)F)c1.C=CC(=O)Cc1cccc(Cc2nc(Nc3ccc(N4C[C@H]5CN(C(C)=O)C[C@H]5C4)cc3OC)ncc2C(F)(F)F)c1.COc1cc(N2C[C@H]3CN(C(C)=O)C[C@H]3C2)ccc1N. The molecule has 16 nitrogen and oxygen atoms in total. The molecule has 448 valence electrons. The first-order valence-electron chi connectivity index (χ1n) is 27.3. The number of likely N-dealkylation sites (tertiary alicyclic amines) is 2. The number of hydrogen-bond donors (Lipinski definition) is 2. The van der Waals surface area contributed by atoms with Crippen molar-refractivity contribution < 1.29 is 55.0 Å². The van der Waals surface area contributed by atoms with Crippen molar-refractivity contribution in [3.63, 3.8) is 0 Å². The number of nitrogen functional groups attached to an aromatic ring is 1. The molecule has 23 heteroatoms. The van der Waals surface area contributed by atoms with Gasteiger partial charge < -0.3 is 40.1 Å². The lowest BCUT2D eigenvalue weighted by atomic mass is 10.0. The van der Waals surface area contributed by atoms with Gasteiger partial charge in [0.05, 0.1) is 48.1 Å². The molecule has 4 saturated heterocycles. The van der Waals surface area contributed by atoms with E-state index >= 15 is 0 Å². The average molecular weight is 1200 g/mol. The zero-order valence-electron chi connectivity index (χ0n) is 47.4. The Balaban J connectivity index is 0.000000184. The van der Waals surface area contributed by atoms with Crippen LogP contribution < -0.4 is 30.3 Å². The number of nitrogens with zero attached hydrogens (tertiary/aromatic N) is 8.